The molecule has 2 aromatic rings. The Labute approximate surface area is 147 Å². The van der Waals surface area contributed by atoms with Crippen molar-refractivity contribution in [1.82, 2.24) is 14.8 Å². The molecule has 0 bridgehead atoms. The number of thiazole rings is 1. The Kier molecular flexibility index (Phi) is 5.48. The van der Waals surface area contributed by atoms with Crippen molar-refractivity contribution in [2.75, 3.05) is 38.1 Å². The molecule has 1 aliphatic heterocycles. The zero-order valence-corrected chi connectivity index (χ0v) is 15.1. The van der Waals surface area contributed by atoms with Gasteiger partial charge in [-0.3, -0.25) is 9.69 Å². The lowest BCUT2D eigenvalue weighted by Crippen LogP contribution is -2.53. The smallest absolute Gasteiger partial charge is 0.239 e. The second-order valence-corrected chi connectivity index (χ2v) is 6.94. The van der Waals surface area contributed by atoms with Crippen molar-refractivity contribution in [3.05, 3.63) is 46.9 Å². The highest BCUT2D eigenvalue weighted by Gasteiger charge is 2.27. The van der Waals surface area contributed by atoms with Gasteiger partial charge in [0.1, 0.15) is 0 Å². The van der Waals surface area contributed by atoms with Crippen LogP contribution < -0.4 is 4.90 Å². The average molecular weight is 344 g/mol. The van der Waals surface area contributed by atoms with Gasteiger partial charge in [-0.25, -0.2) is 4.98 Å². The summed E-state index contributed by atoms with van der Waals surface area (Å²) in [5.74, 6) is 0.209. The lowest BCUT2D eigenvalue weighted by Gasteiger charge is -2.38. The average Bonchev–Trinajstić information content (AvgIpc) is 3.14. The fourth-order valence-electron chi connectivity index (χ4n) is 2.98. The molecule has 0 aliphatic carbocycles. The number of piperazine rings is 1. The molecule has 1 aromatic carbocycles. The number of carbonyl (C=O) groups excluding carboxylic acids is 1. The molecule has 0 N–H and O–H groups in total. The van der Waals surface area contributed by atoms with Crippen LogP contribution in [-0.4, -0.2) is 60.0 Å². The first kappa shape index (κ1) is 16.9. The number of amides is 1. The minimum Gasteiger partial charge on any atom is -0.368 e. The van der Waals surface area contributed by atoms with E-state index in [0.29, 0.717) is 6.54 Å². The number of hydrogen-bond donors (Lipinski definition) is 0. The summed E-state index contributed by atoms with van der Waals surface area (Å²) in [5.41, 5.74) is 4.09. The Balaban J connectivity index is 1.52. The maximum absolute atomic E-state index is 12.8. The number of nitrogens with zero attached hydrogens (tertiary/aromatic N) is 4. The van der Waals surface area contributed by atoms with Gasteiger partial charge in [-0.15, -0.1) is 11.3 Å². The van der Waals surface area contributed by atoms with Gasteiger partial charge in [0.2, 0.25) is 5.91 Å². The maximum Gasteiger partial charge on any atom is 0.239 e. The highest BCUT2D eigenvalue weighted by molar-refractivity contribution is 7.07. The molecule has 2 heterocycles. The van der Waals surface area contributed by atoms with Crippen molar-refractivity contribution < 1.29 is 4.79 Å². The third-order valence-electron chi connectivity index (χ3n) is 4.63. The molecule has 1 aromatic heterocycles. The van der Waals surface area contributed by atoms with E-state index >= 15 is 0 Å². The highest BCUT2D eigenvalue weighted by Crippen LogP contribution is 2.17. The third-order valence-corrected chi connectivity index (χ3v) is 5.26. The van der Waals surface area contributed by atoms with Gasteiger partial charge in [-0.2, -0.15) is 0 Å². The van der Waals surface area contributed by atoms with E-state index in [1.807, 2.05) is 35.8 Å². The standard InChI is InChI=1S/C18H24N4OS/c1-15(20(2)12-16-13-24-14-19-16)18(23)22-10-8-21(9-11-22)17-6-4-3-5-7-17/h3-7,13-15H,8-12H2,1-2H3. The number of likely N-dealkylation sites (N-methyl/N-ethyl adjacent to an activating group) is 1. The van der Waals surface area contributed by atoms with E-state index in [4.69, 9.17) is 0 Å². The molecule has 3 rings (SSSR count). The molecule has 1 atom stereocenters. The van der Waals surface area contributed by atoms with Crippen LogP contribution >= 0.6 is 11.3 Å². The quantitative estimate of drug-likeness (QED) is 0.834. The first-order chi connectivity index (χ1) is 11.6. The van der Waals surface area contributed by atoms with Crippen molar-refractivity contribution in [3.8, 4) is 0 Å². The Morgan fingerprint density at radius 1 is 1.25 bits per heavy atom. The van der Waals surface area contributed by atoms with Crippen molar-refractivity contribution in [3.63, 3.8) is 0 Å². The van der Waals surface area contributed by atoms with E-state index in [0.717, 1.165) is 31.9 Å². The lowest BCUT2D eigenvalue weighted by atomic mass is 10.2. The van der Waals surface area contributed by atoms with Crippen LogP contribution in [0.3, 0.4) is 0 Å². The lowest BCUT2D eigenvalue weighted by molar-refractivity contribution is -0.136. The number of carbonyl (C=O) groups is 1. The first-order valence-corrected chi connectivity index (χ1v) is 9.25. The summed E-state index contributed by atoms with van der Waals surface area (Å²) in [6.45, 7) is 6.03. The molecular weight excluding hydrogens is 320 g/mol. The second-order valence-electron chi connectivity index (χ2n) is 6.22. The van der Waals surface area contributed by atoms with Crippen molar-refractivity contribution in [2.45, 2.75) is 19.5 Å². The molecule has 1 aliphatic rings. The van der Waals surface area contributed by atoms with E-state index in [1.165, 1.54) is 5.69 Å². The second kappa shape index (κ2) is 7.77. The molecule has 24 heavy (non-hydrogen) atoms. The molecule has 0 saturated carbocycles. The number of hydrogen-bond acceptors (Lipinski definition) is 5. The van der Waals surface area contributed by atoms with Crippen LogP contribution in [0.5, 0.6) is 0 Å². The molecule has 1 unspecified atom stereocenters. The monoisotopic (exact) mass is 344 g/mol. The van der Waals surface area contributed by atoms with E-state index < -0.39 is 0 Å². The van der Waals surface area contributed by atoms with Crippen LogP contribution in [0.15, 0.2) is 41.2 Å². The topological polar surface area (TPSA) is 39.7 Å². The molecule has 0 spiro atoms. The number of aromatic nitrogens is 1. The molecule has 0 radical (unpaired) electrons. The summed E-state index contributed by atoms with van der Waals surface area (Å²) in [6.07, 6.45) is 0. The Morgan fingerprint density at radius 3 is 2.58 bits per heavy atom. The van der Waals surface area contributed by atoms with Gasteiger partial charge in [0.15, 0.2) is 0 Å². The first-order valence-electron chi connectivity index (χ1n) is 8.31. The number of anilines is 1. The molecule has 128 valence electrons. The number of rotatable bonds is 5. The zero-order chi connectivity index (χ0) is 16.9. The summed E-state index contributed by atoms with van der Waals surface area (Å²) in [7, 11) is 1.99. The Bertz CT molecular complexity index is 638. The van der Waals surface area contributed by atoms with Gasteiger partial charge >= 0.3 is 0 Å². The molecular formula is C18H24N4OS. The minimum absolute atomic E-state index is 0.130. The van der Waals surface area contributed by atoms with Crippen LogP contribution in [0.25, 0.3) is 0 Å². The molecule has 5 nitrogen and oxygen atoms in total. The van der Waals surface area contributed by atoms with Crippen LogP contribution in [0, 0.1) is 0 Å². The van der Waals surface area contributed by atoms with Gasteiger partial charge < -0.3 is 9.80 Å². The summed E-state index contributed by atoms with van der Waals surface area (Å²) in [6, 6.07) is 10.3. The summed E-state index contributed by atoms with van der Waals surface area (Å²) < 4.78 is 0. The molecule has 1 saturated heterocycles. The van der Waals surface area contributed by atoms with Crippen LogP contribution in [0.4, 0.5) is 5.69 Å². The predicted molar refractivity (Wildman–Crippen MR) is 98.3 cm³/mol. The fraction of sp³-hybridized carbons (Fsp3) is 0.444. The van der Waals surface area contributed by atoms with Gasteiger partial charge in [0.05, 0.1) is 17.2 Å². The minimum atomic E-state index is -0.130. The van der Waals surface area contributed by atoms with Gasteiger partial charge in [0, 0.05) is 43.8 Å². The summed E-state index contributed by atoms with van der Waals surface area (Å²) in [5, 5.41) is 2.03. The van der Waals surface area contributed by atoms with E-state index in [-0.39, 0.29) is 11.9 Å². The summed E-state index contributed by atoms with van der Waals surface area (Å²) in [4.78, 5) is 23.5. The summed E-state index contributed by atoms with van der Waals surface area (Å²) >= 11 is 1.59. The normalized spacial score (nSPS) is 16.5. The van der Waals surface area contributed by atoms with E-state index in [9.17, 15) is 4.79 Å². The van der Waals surface area contributed by atoms with E-state index in [2.05, 4.69) is 39.0 Å². The van der Waals surface area contributed by atoms with Crippen molar-refractivity contribution >= 4 is 22.9 Å². The maximum atomic E-state index is 12.8. The molecule has 6 heteroatoms. The van der Waals surface area contributed by atoms with Crippen molar-refractivity contribution in [2.24, 2.45) is 0 Å². The van der Waals surface area contributed by atoms with Gasteiger partial charge in [-0.1, -0.05) is 18.2 Å². The Hall–Kier alpha value is -1.92. The van der Waals surface area contributed by atoms with Gasteiger partial charge in [-0.05, 0) is 26.1 Å². The van der Waals surface area contributed by atoms with E-state index in [1.54, 1.807) is 11.3 Å². The molecule has 1 fully saturated rings. The van der Waals surface area contributed by atoms with Crippen LogP contribution in [0.2, 0.25) is 0 Å². The largest absolute Gasteiger partial charge is 0.368 e. The number of benzene rings is 1. The predicted octanol–water partition coefficient (Wildman–Crippen LogP) is 2.31. The number of para-hydroxylation sites is 1. The fourth-order valence-corrected chi connectivity index (χ4v) is 3.53. The van der Waals surface area contributed by atoms with Crippen molar-refractivity contribution in [1.29, 1.82) is 0 Å². The zero-order valence-electron chi connectivity index (χ0n) is 14.3. The van der Waals surface area contributed by atoms with Crippen LogP contribution in [0.1, 0.15) is 12.6 Å². The molecule has 1 amide bonds. The highest BCUT2D eigenvalue weighted by atomic mass is 32.1. The third kappa shape index (κ3) is 3.94. The SMILES string of the molecule is CC(C(=O)N1CCN(c2ccccc2)CC1)N(C)Cc1cscn1. The Morgan fingerprint density at radius 2 is 1.96 bits per heavy atom. The van der Waals surface area contributed by atoms with Crippen LogP contribution in [-0.2, 0) is 11.3 Å². The van der Waals surface area contributed by atoms with Gasteiger partial charge in [0.25, 0.3) is 0 Å².